The van der Waals surface area contributed by atoms with Crippen molar-refractivity contribution in [1.82, 2.24) is 5.32 Å². The average molecular weight is 299 g/mol. The predicted molar refractivity (Wildman–Crippen MR) is 68.3 cm³/mol. The molecule has 0 rings (SSSR count). The van der Waals surface area contributed by atoms with E-state index >= 15 is 0 Å². The van der Waals surface area contributed by atoms with E-state index in [2.05, 4.69) is 10.1 Å². The predicted octanol–water partition coefficient (Wildman–Crippen LogP) is 2.40. The number of nitrogens with one attached hydrogen (secondary N) is 1. The highest BCUT2D eigenvalue weighted by atomic mass is 32.2. The number of halogens is 2. The third kappa shape index (κ3) is 9.52. The van der Waals surface area contributed by atoms with Crippen LogP contribution in [0.1, 0.15) is 27.2 Å². The lowest BCUT2D eigenvalue weighted by Crippen LogP contribution is -2.44. The second-order valence-electron chi connectivity index (χ2n) is 4.64. The maximum atomic E-state index is 12.0. The normalized spacial score (nSPS) is 13.0. The first-order valence-corrected chi connectivity index (χ1v) is 6.67. The summed E-state index contributed by atoms with van der Waals surface area (Å²) in [5, 5.41) is 2.30. The fourth-order valence-electron chi connectivity index (χ4n) is 1.12. The minimum atomic E-state index is -2.51. The topological polar surface area (TPSA) is 64.6 Å². The molecule has 0 aromatic heterocycles. The van der Waals surface area contributed by atoms with Gasteiger partial charge in [0.1, 0.15) is 11.6 Å². The molecule has 0 saturated carbocycles. The summed E-state index contributed by atoms with van der Waals surface area (Å²) in [5.41, 5.74) is -0.706. The number of amides is 1. The van der Waals surface area contributed by atoms with Gasteiger partial charge in [-0.05, 0) is 27.2 Å². The number of thioether (sulfide) groups is 1. The van der Waals surface area contributed by atoms with Crippen molar-refractivity contribution in [3.05, 3.63) is 0 Å². The third-order valence-corrected chi connectivity index (χ3v) is 2.55. The van der Waals surface area contributed by atoms with Crippen LogP contribution in [0.2, 0.25) is 0 Å². The summed E-state index contributed by atoms with van der Waals surface area (Å²) in [6.07, 6.45) is -0.745. The van der Waals surface area contributed by atoms with Gasteiger partial charge in [0, 0.05) is 5.75 Å². The summed E-state index contributed by atoms with van der Waals surface area (Å²) in [7, 11) is 1.16. The molecule has 0 aliphatic rings. The smallest absolute Gasteiger partial charge is 0.408 e. The first-order chi connectivity index (χ1) is 8.65. The van der Waals surface area contributed by atoms with E-state index in [1.165, 1.54) is 0 Å². The van der Waals surface area contributed by atoms with E-state index in [1.54, 1.807) is 20.8 Å². The molecule has 0 fully saturated rings. The minimum absolute atomic E-state index is 0.0211. The summed E-state index contributed by atoms with van der Waals surface area (Å²) in [5.74, 6) is -3.19. The fraction of sp³-hybridized carbons (Fsp3) is 0.818. The van der Waals surface area contributed by atoms with Crippen LogP contribution in [0, 0.1) is 0 Å². The van der Waals surface area contributed by atoms with Gasteiger partial charge in [-0.15, -0.1) is 0 Å². The number of rotatable bonds is 6. The second-order valence-corrected chi connectivity index (χ2v) is 5.74. The van der Waals surface area contributed by atoms with Gasteiger partial charge in [-0.3, -0.25) is 0 Å². The van der Waals surface area contributed by atoms with Crippen LogP contribution >= 0.6 is 11.8 Å². The van der Waals surface area contributed by atoms with Gasteiger partial charge in [-0.1, -0.05) is 11.8 Å². The zero-order valence-corrected chi connectivity index (χ0v) is 12.2. The average Bonchev–Trinajstić information content (AvgIpc) is 2.23. The van der Waals surface area contributed by atoms with E-state index in [0.717, 1.165) is 7.11 Å². The van der Waals surface area contributed by atoms with Crippen LogP contribution in [0.25, 0.3) is 0 Å². The quantitative estimate of drug-likeness (QED) is 0.763. The summed E-state index contributed by atoms with van der Waals surface area (Å²) >= 11 is 0.394. The Kier molecular flexibility index (Phi) is 7.73. The van der Waals surface area contributed by atoms with E-state index in [9.17, 15) is 18.4 Å². The zero-order chi connectivity index (χ0) is 15.1. The second kappa shape index (κ2) is 8.19. The number of alkyl halides is 2. The Balaban J connectivity index is 4.35. The number of hydrogen-bond donors (Lipinski definition) is 1. The zero-order valence-electron chi connectivity index (χ0n) is 11.4. The van der Waals surface area contributed by atoms with Gasteiger partial charge in [-0.2, -0.15) is 8.78 Å². The van der Waals surface area contributed by atoms with Crippen molar-refractivity contribution in [2.45, 2.75) is 44.6 Å². The Morgan fingerprint density at radius 2 is 1.89 bits per heavy atom. The Morgan fingerprint density at radius 1 is 1.32 bits per heavy atom. The maximum absolute atomic E-state index is 12.0. The Labute approximate surface area is 115 Å². The van der Waals surface area contributed by atoms with Gasteiger partial charge < -0.3 is 14.8 Å². The van der Waals surface area contributed by atoms with Crippen LogP contribution in [0.4, 0.5) is 13.6 Å². The first kappa shape index (κ1) is 17.9. The molecular weight excluding hydrogens is 280 g/mol. The van der Waals surface area contributed by atoms with E-state index in [1.807, 2.05) is 0 Å². The molecule has 0 radical (unpaired) electrons. The molecule has 0 aliphatic carbocycles. The molecule has 112 valence electrons. The molecule has 0 aromatic rings. The van der Waals surface area contributed by atoms with E-state index in [-0.39, 0.29) is 12.2 Å². The Morgan fingerprint density at radius 3 is 2.32 bits per heavy atom. The van der Waals surface area contributed by atoms with Crippen LogP contribution in [-0.2, 0) is 14.3 Å². The molecular formula is C11H19F2NO4S. The molecule has 0 aliphatic heterocycles. The van der Waals surface area contributed by atoms with E-state index < -0.39 is 29.5 Å². The highest BCUT2D eigenvalue weighted by molar-refractivity contribution is 7.99. The molecule has 0 aromatic carbocycles. The van der Waals surface area contributed by atoms with Crippen LogP contribution in [-0.4, -0.2) is 42.3 Å². The van der Waals surface area contributed by atoms with Gasteiger partial charge in [0.15, 0.2) is 0 Å². The summed E-state index contributed by atoms with van der Waals surface area (Å²) in [4.78, 5) is 22.9. The molecule has 0 bridgehead atoms. The standard InChI is InChI=1S/C11H19F2NO4S/c1-11(2,3)18-10(16)14-7(8(15)17-4)5-6-19-9(12)13/h7,9H,5-6H2,1-4H3,(H,14,16)/t7-/m1/s1. The van der Waals surface area contributed by atoms with Crippen LogP contribution in [0.5, 0.6) is 0 Å². The SMILES string of the molecule is COC(=O)[C@@H](CCSC(F)F)NC(=O)OC(C)(C)C. The number of carbonyl (C=O) groups is 2. The molecule has 0 spiro atoms. The fourth-order valence-corrected chi connectivity index (χ4v) is 1.67. The van der Waals surface area contributed by atoms with Crippen LogP contribution in [0.3, 0.4) is 0 Å². The molecule has 1 amide bonds. The van der Waals surface area contributed by atoms with Crippen molar-refractivity contribution < 1.29 is 27.8 Å². The van der Waals surface area contributed by atoms with E-state index in [4.69, 9.17) is 4.74 Å². The van der Waals surface area contributed by atoms with Crippen molar-refractivity contribution in [3.63, 3.8) is 0 Å². The number of hydrogen-bond acceptors (Lipinski definition) is 5. The van der Waals surface area contributed by atoms with Crippen molar-refractivity contribution in [2.24, 2.45) is 0 Å². The number of esters is 1. The van der Waals surface area contributed by atoms with E-state index in [0.29, 0.717) is 11.8 Å². The molecule has 1 N–H and O–H groups in total. The van der Waals surface area contributed by atoms with Crippen molar-refractivity contribution in [1.29, 1.82) is 0 Å². The molecule has 1 atom stereocenters. The number of ether oxygens (including phenoxy) is 2. The summed E-state index contributed by atoms with van der Waals surface area (Å²) in [6, 6.07) is -0.994. The van der Waals surface area contributed by atoms with Crippen molar-refractivity contribution >= 4 is 23.8 Å². The van der Waals surface area contributed by atoms with Gasteiger partial charge in [-0.25, -0.2) is 9.59 Å². The third-order valence-electron chi connectivity index (χ3n) is 1.83. The van der Waals surface area contributed by atoms with Gasteiger partial charge >= 0.3 is 12.1 Å². The molecule has 0 heterocycles. The Hall–Kier alpha value is -1.05. The summed E-state index contributed by atoms with van der Waals surface area (Å²) < 4.78 is 33.4. The molecule has 5 nitrogen and oxygen atoms in total. The van der Waals surface area contributed by atoms with Crippen LogP contribution in [0.15, 0.2) is 0 Å². The highest BCUT2D eigenvalue weighted by Crippen LogP contribution is 2.16. The minimum Gasteiger partial charge on any atom is -0.467 e. The largest absolute Gasteiger partial charge is 0.467 e. The van der Waals surface area contributed by atoms with Crippen LogP contribution < -0.4 is 5.32 Å². The molecule has 0 unspecified atom stereocenters. The lowest BCUT2D eigenvalue weighted by atomic mass is 10.2. The lowest BCUT2D eigenvalue weighted by molar-refractivity contribution is -0.143. The maximum Gasteiger partial charge on any atom is 0.408 e. The molecule has 8 heteroatoms. The van der Waals surface area contributed by atoms with Gasteiger partial charge in [0.05, 0.1) is 7.11 Å². The highest BCUT2D eigenvalue weighted by Gasteiger charge is 2.25. The molecule has 19 heavy (non-hydrogen) atoms. The van der Waals surface area contributed by atoms with Gasteiger partial charge in [0.2, 0.25) is 0 Å². The Bertz CT molecular complexity index is 308. The molecule has 0 saturated heterocycles. The summed E-state index contributed by atoms with van der Waals surface area (Å²) in [6.45, 7) is 5.02. The lowest BCUT2D eigenvalue weighted by Gasteiger charge is -2.22. The number of carbonyl (C=O) groups excluding carboxylic acids is 2. The van der Waals surface area contributed by atoms with Crippen molar-refractivity contribution in [2.75, 3.05) is 12.9 Å². The van der Waals surface area contributed by atoms with Gasteiger partial charge in [0.25, 0.3) is 5.76 Å². The number of methoxy groups -OCH3 is 1. The first-order valence-electron chi connectivity index (χ1n) is 5.63. The monoisotopic (exact) mass is 299 g/mol. The number of alkyl carbamates (subject to hydrolysis) is 1. The van der Waals surface area contributed by atoms with Crippen molar-refractivity contribution in [3.8, 4) is 0 Å².